The molecule has 0 atom stereocenters. The Labute approximate surface area is 171 Å². The van der Waals surface area contributed by atoms with Crippen molar-refractivity contribution in [1.29, 1.82) is 0 Å². The summed E-state index contributed by atoms with van der Waals surface area (Å²) >= 11 is 3.19. The van der Waals surface area contributed by atoms with Crippen molar-refractivity contribution in [2.24, 2.45) is 0 Å². The Kier molecular flexibility index (Phi) is 6.07. The monoisotopic (exact) mass is 420 g/mol. The minimum Gasteiger partial charge on any atom is -0.383 e. The fraction of sp³-hybridized carbons (Fsp3) is 0.611. The molecule has 0 spiro atoms. The van der Waals surface area contributed by atoms with Crippen molar-refractivity contribution in [3.63, 3.8) is 0 Å². The first-order chi connectivity index (χ1) is 13.7. The van der Waals surface area contributed by atoms with Crippen LogP contribution in [-0.4, -0.2) is 43.5 Å². The van der Waals surface area contributed by atoms with Gasteiger partial charge in [-0.05, 0) is 48.1 Å². The maximum absolute atomic E-state index is 13.3. The molecule has 0 fully saturated rings. The van der Waals surface area contributed by atoms with E-state index in [1.165, 1.54) is 28.6 Å². The number of thiophene rings is 1. The average molecular weight is 421 g/mol. The van der Waals surface area contributed by atoms with Crippen LogP contribution in [0.4, 0.5) is 0 Å². The van der Waals surface area contributed by atoms with Crippen LogP contribution in [0.1, 0.15) is 42.5 Å². The standard InChI is InChI=1S/C18H24N6O2S2/c1-3-8-24-14(20-21-22-24)11-27-18-19-16-15(17(25)23(18)9-10-26-2)12-6-4-5-7-13(12)28-16/h3-11H2,1-2H3. The van der Waals surface area contributed by atoms with E-state index in [0.717, 1.165) is 48.3 Å². The smallest absolute Gasteiger partial charge is 0.263 e. The molecule has 0 amide bonds. The van der Waals surface area contributed by atoms with E-state index in [1.54, 1.807) is 23.0 Å². The van der Waals surface area contributed by atoms with Crippen LogP contribution in [0.3, 0.4) is 0 Å². The zero-order valence-electron chi connectivity index (χ0n) is 16.2. The van der Waals surface area contributed by atoms with Gasteiger partial charge in [0.1, 0.15) is 4.83 Å². The molecule has 4 rings (SSSR count). The Balaban J connectivity index is 1.71. The molecule has 10 heteroatoms. The van der Waals surface area contributed by atoms with Gasteiger partial charge < -0.3 is 4.74 Å². The number of thioether (sulfide) groups is 1. The second-order valence-electron chi connectivity index (χ2n) is 6.84. The fourth-order valence-corrected chi connectivity index (χ4v) is 5.81. The van der Waals surface area contributed by atoms with Gasteiger partial charge in [-0.3, -0.25) is 9.36 Å². The zero-order valence-corrected chi connectivity index (χ0v) is 17.8. The quantitative estimate of drug-likeness (QED) is 0.409. The molecule has 8 nitrogen and oxygen atoms in total. The van der Waals surface area contributed by atoms with Gasteiger partial charge >= 0.3 is 0 Å². The number of aryl methyl sites for hydroxylation is 3. The van der Waals surface area contributed by atoms with E-state index < -0.39 is 0 Å². The second kappa shape index (κ2) is 8.71. The van der Waals surface area contributed by atoms with Gasteiger partial charge in [0.25, 0.3) is 5.56 Å². The number of hydrogen-bond acceptors (Lipinski definition) is 8. The molecule has 1 aliphatic rings. The van der Waals surface area contributed by atoms with E-state index in [1.807, 2.05) is 4.68 Å². The van der Waals surface area contributed by atoms with E-state index in [4.69, 9.17) is 9.72 Å². The molecule has 28 heavy (non-hydrogen) atoms. The largest absolute Gasteiger partial charge is 0.383 e. The highest BCUT2D eigenvalue weighted by Crippen LogP contribution is 2.35. The molecule has 0 N–H and O–H groups in total. The first kappa shape index (κ1) is 19.5. The van der Waals surface area contributed by atoms with E-state index >= 15 is 0 Å². The number of fused-ring (bicyclic) bond motifs is 3. The summed E-state index contributed by atoms with van der Waals surface area (Å²) in [4.78, 5) is 20.4. The summed E-state index contributed by atoms with van der Waals surface area (Å²) in [5.74, 6) is 1.37. The van der Waals surface area contributed by atoms with Gasteiger partial charge in [-0.25, -0.2) is 9.67 Å². The van der Waals surface area contributed by atoms with Crippen molar-refractivity contribution < 1.29 is 4.74 Å². The van der Waals surface area contributed by atoms with Gasteiger partial charge in [-0.2, -0.15) is 0 Å². The van der Waals surface area contributed by atoms with Gasteiger partial charge in [0, 0.05) is 18.5 Å². The van der Waals surface area contributed by atoms with Crippen molar-refractivity contribution in [1.82, 2.24) is 29.8 Å². The van der Waals surface area contributed by atoms with Crippen LogP contribution in [0.15, 0.2) is 9.95 Å². The van der Waals surface area contributed by atoms with Crippen LogP contribution in [0.5, 0.6) is 0 Å². The minimum absolute atomic E-state index is 0.0529. The third-order valence-electron chi connectivity index (χ3n) is 4.93. The van der Waals surface area contributed by atoms with Crippen LogP contribution in [0.2, 0.25) is 0 Å². The molecule has 0 saturated carbocycles. The lowest BCUT2D eigenvalue weighted by atomic mass is 9.97. The predicted molar refractivity (Wildman–Crippen MR) is 110 cm³/mol. The minimum atomic E-state index is 0.0529. The number of rotatable bonds is 8. The Morgan fingerprint density at radius 3 is 2.93 bits per heavy atom. The highest BCUT2D eigenvalue weighted by molar-refractivity contribution is 7.98. The lowest BCUT2D eigenvalue weighted by Crippen LogP contribution is -2.25. The first-order valence-electron chi connectivity index (χ1n) is 9.64. The fourth-order valence-electron chi connectivity index (χ4n) is 3.55. The normalized spacial score (nSPS) is 13.9. The summed E-state index contributed by atoms with van der Waals surface area (Å²) in [6.07, 6.45) is 5.34. The van der Waals surface area contributed by atoms with Gasteiger partial charge in [0.2, 0.25) is 0 Å². The molecule has 3 heterocycles. The molecule has 0 saturated heterocycles. The molecule has 0 radical (unpaired) electrons. The first-order valence-corrected chi connectivity index (χ1v) is 11.4. The van der Waals surface area contributed by atoms with E-state index in [0.29, 0.717) is 24.1 Å². The molecule has 3 aromatic rings. The summed E-state index contributed by atoms with van der Waals surface area (Å²) in [5, 5.41) is 13.5. The van der Waals surface area contributed by atoms with Crippen LogP contribution in [-0.2, 0) is 36.4 Å². The third kappa shape index (κ3) is 3.72. The van der Waals surface area contributed by atoms with Crippen molar-refractivity contribution in [3.8, 4) is 0 Å². The highest BCUT2D eigenvalue weighted by atomic mass is 32.2. The van der Waals surface area contributed by atoms with Gasteiger partial charge in [0.05, 0.1) is 24.3 Å². The number of methoxy groups -OCH3 is 1. The summed E-state index contributed by atoms with van der Waals surface area (Å²) in [5.41, 5.74) is 1.27. The summed E-state index contributed by atoms with van der Waals surface area (Å²) < 4.78 is 8.80. The second-order valence-corrected chi connectivity index (χ2v) is 8.87. The third-order valence-corrected chi connectivity index (χ3v) is 7.09. The summed E-state index contributed by atoms with van der Waals surface area (Å²) in [6.45, 7) is 3.84. The number of tetrazole rings is 1. The van der Waals surface area contributed by atoms with E-state index in [-0.39, 0.29) is 5.56 Å². The maximum atomic E-state index is 13.3. The number of nitrogens with zero attached hydrogens (tertiary/aromatic N) is 6. The average Bonchev–Trinajstić information content (AvgIpc) is 3.30. The van der Waals surface area contributed by atoms with Crippen LogP contribution < -0.4 is 5.56 Å². The van der Waals surface area contributed by atoms with Crippen molar-refractivity contribution in [3.05, 3.63) is 26.6 Å². The molecule has 0 unspecified atom stereocenters. The van der Waals surface area contributed by atoms with Crippen molar-refractivity contribution >= 4 is 33.3 Å². The Morgan fingerprint density at radius 2 is 2.11 bits per heavy atom. The number of aromatic nitrogens is 6. The lowest BCUT2D eigenvalue weighted by molar-refractivity contribution is 0.183. The molecular formula is C18H24N6O2S2. The highest BCUT2D eigenvalue weighted by Gasteiger charge is 2.22. The topological polar surface area (TPSA) is 87.7 Å². The van der Waals surface area contributed by atoms with Gasteiger partial charge in [-0.1, -0.05) is 18.7 Å². The Hall–Kier alpha value is -1.78. The molecule has 1 aliphatic carbocycles. The van der Waals surface area contributed by atoms with Crippen molar-refractivity contribution in [2.75, 3.05) is 13.7 Å². The van der Waals surface area contributed by atoms with Gasteiger partial charge in [0.15, 0.2) is 11.0 Å². The van der Waals surface area contributed by atoms with Gasteiger partial charge in [-0.15, -0.1) is 16.4 Å². The van der Waals surface area contributed by atoms with Crippen LogP contribution in [0.25, 0.3) is 10.2 Å². The molecule has 150 valence electrons. The van der Waals surface area contributed by atoms with Crippen LogP contribution in [0, 0.1) is 0 Å². The molecular weight excluding hydrogens is 396 g/mol. The van der Waals surface area contributed by atoms with Crippen molar-refractivity contribution in [2.45, 2.75) is 63.0 Å². The number of hydrogen-bond donors (Lipinski definition) is 0. The van der Waals surface area contributed by atoms with E-state index in [2.05, 4.69) is 22.4 Å². The molecule has 0 aliphatic heterocycles. The Bertz CT molecular complexity index is 1030. The molecule has 0 aromatic carbocycles. The summed E-state index contributed by atoms with van der Waals surface area (Å²) in [7, 11) is 1.65. The summed E-state index contributed by atoms with van der Waals surface area (Å²) in [6, 6.07) is 0. The van der Waals surface area contributed by atoms with E-state index in [9.17, 15) is 4.79 Å². The maximum Gasteiger partial charge on any atom is 0.263 e. The Morgan fingerprint density at radius 1 is 1.25 bits per heavy atom. The number of ether oxygens (including phenoxy) is 1. The zero-order chi connectivity index (χ0) is 19.5. The lowest BCUT2D eigenvalue weighted by Gasteiger charge is -2.13. The molecule has 0 bridgehead atoms. The predicted octanol–water partition coefficient (Wildman–Crippen LogP) is 2.67. The SMILES string of the molecule is CCCn1nnnc1CSc1nc2sc3c(c2c(=O)n1CCOC)CCCC3. The van der Waals surface area contributed by atoms with Crippen LogP contribution >= 0.6 is 23.1 Å². The molecule has 3 aromatic heterocycles.